The molecule has 0 unspecified atom stereocenters. The number of aromatic amines is 1. The number of oxime groups is 1. The van der Waals surface area contributed by atoms with Gasteiger partial charge in [0.1, 0.15) is 0 Å². The van der Waals surface area contributed by atoms with Crippen molar-refractivity contribution < 1.29 is 10.1 Å². The molecule has 6 heteroatoms. The molecule has 2 rings (SSSR count). The molecule has 1 aromatic carbocycles. The third kappa shape index (κ3) is 1.52. The van der Waals surface area contributed by atoms with Gasteiger partial charge < -0.3 is 10.2 Å². The van der Waals surface area contributed by atoms with E-state index < -0.39 is 4.92 Å². The molecule has 6 nitrogen and oxygen atoms in total. The number of rotatable bonds is 2. The van der Waals surface area contributed by atoms with Crippen molar-refractivity contribution in [2.45, 2.75) is 0 Å². The molecule has 2 aromatic rings. The highest BCUT2D eigenvalue weighted by Crippen LogP contribution is 2.22. The van der Waals surface area contributed by atoms with E-state index in [0.29, 0.717) is 10.9 Å². The molecule has 0 aliphatic heterocycles. The van der Waals surface area contributed by atoms with Gasteiger partial charge >= 0.3 is 0 Å². The first kappa shape index (κ1) is 9.20. The molecule has 0 atom stereocenters. The predicted octanol–water partition coefficient (Wildman–Crippen LogP) is 1.88. The number of aromatic nitrogens is 1. The standard InChI is InChI=1S/C9H7N3O3/c13-11-5-6-4-10-9-2-1-7(12(14)15)3-8(6)9/h1-5,10,13H. The molecule has 0 fully saturated rings. The molecular formula is C9H7N3O3. The molecule has 0 bridgehead atoms. The van der Waals surface area contributed by atoms with Crippen LogP contribution in [0.4, 0.5) is 5.69 Å². The minimum atomic E-state index is -0.466. The van der Waals surface area contributed by atoms with E-state index in [9.17, 15) is 10.1 Å². The van der Waals surface area contributed by atoms with Gasteiger partial charge in [-0.15, -0.1) is 0 Å². The smallest absolute Gasteiger partial charge is 0.270 e. The van der Waals surface area contributed by atoms with E-state index in [2.05, 4.69) is 10.1 Å². The van der Waals surface area contributed by atoms with Gasteiger partial charge in [-0.1, -0.05) is 5.16 Å². The van der Waals surface area contributed by atoms with Crippen LogP contribution in [-0.2, 0) is 0 Å². The quantitative estimate of drug-likeness (QED) is 0.339. The molecule has 0 saturated heterocycles. The molecule has 0 aliphatic carbocycles. The second-order valence-electron chi connectivity index (χ2n) is 2.98. The summed E-state index contributed by atoms with van der Waals surface area (Å²) < 4.78 is 0. The lowest BCUT2D eigenvalue weighted by Gasteiger charge is -1.92. The van der Waals surface area contributed by atoms with Crippen molar-refractivity contribution in [2.24, 2.45) is 5.16 Å². The molecule has 1 aromatic heterocycles. The second-order valence-corrected chi connectivity index (χ2v) is 2.98. The van der Waals surface area contributed by atoms with Crippen LogP contribution in [0.25, 0.3) is 10.9 Å². The summed E-state index contributed by atoms with van der Waals surface area (Å²) in [6, 6.07) is 4.46. The summed E-state index contributed by atoms with van der Waals surface area (Å²) in [7, 11) is 0. The van der Waals surface area contributed by atoms with E-state index >= 15 is 0 Å². The summed E-state index contributed by atoms with van der Waals surface area (Å²) in [6.45, 7) is 0. The molecule has 0 aliphatic rings. The summed E-state index contributed by atoms with van der Waals surface area (Å²) in [5.41, 5.74) is 1.38. The summed E-state index contributed by atoms with van der Waals surface area (Å²) in [5.74, 6) is 0. The number of nitro benzene ring substituents is 1. The SMILES string of the molecule is O=[N+]([O-])c1ccc2[nH]cc(C=NO)c2c1. The molecule has 1 heterocycles. The van der Waals surface area contributed by atoms with Crippen LogP contribution in [-0.4, -0.2) is 21.3 Å². The average molecular weight is 205 g/mol. The number of nitro groups is 1. The fraction of sp³-hybridized carbons (Fsp3) is 0. The first-order valence-corrected chi connectivity index (χ1v) is 4.15. The third-order valence-electron chi connectivity index (χ3n) is 2.10. The Morgan fingerprint density at radius 1 is 1.53 bits per heavy atom. The topological polar surface area (TPSA) is 91.5 Å². The van der Waals surface area contributed by atoms with Crippen molar-refractivity contribution in [3.05, 3.63) is 40.1 Å². The van der Waals surface area contributed by atoms with E-state index in [1.807, 2.05) is 0 Å². The Morgan fingerprint density at radius 2 is 2.33 bits per heavy atom. The maximum Gasteiger partial charge on any atom is 0.270 e. The minimum absolute atomic E-state index is 0.00897. The van der Waals surface area contributed by atoms with Crippen molar-refractivity contribution in [3.8, 4) is 0 Å². The monoisotopic (exact) mass is 205 g/mol. The first-order valence-electron chi connectivity index (χ1n) is 4.15. The fourth-order valence-corrected chi connectivity index (χ4v) is 1.41. The zero-order valence-corrected chi connectivity index (χ0v) is 7.54. The normalized spacial score (nSPS) is 11.2. The molecule has 2 N–H and O–H groups in total. The highest BCUT2D eigenvalue weighted by Gasteiger charge is 2.09. The lowest BCUT2D eigenvalue weighted by Crippen LogP contribution is -1.87. The molecular weight excluding hydrogens is 198 g/mol. The van der Waals surface area contributed by atoms with Crippen LogP contribution in [0.1, 0.15) is 5.56 Å². The Hall–Kier alpha value is -2.37. The summed E-state index contributed by atoms with van der Waals surface area (Å²) in [5, 5.41) is 22.5. The van der Waals surface area contributed by atoms with Gasteiger partial charge in [0, 0.05) is 34.8 Å². The van der Waals surface area contributed by atoms with Crippen LogP contribution < -0.4 is 0 Å². The number of hydrogen-bond acceptors (Lipinski definition) is 4. The van der Waals surface area contributed by atoms with E-state index in [4.69, 9.17) is 5.21 Å². The number of H-pyrrole nitrogens is 1. The molecule has 76 valence electrons. The zero-order chi connectivity index (χ0) is 10.8. The Bertz CT molecular complexity index is 545. The molecule has 15 heavy (non-hydrogen) atoms. The molecule has 0 amide bonds. The van der Waals surface area contributed by atoms with Crippen LogP contribution >= 0.6 is 0 Å². The lowest BCUT2D eigenvalue weighted by atomic mass is 10.2. The summed E-state index contributed by atoms with van der Waals surface area (Å²) >= 11 is 0. The van der Waals surface area contributed by atoms with Gasteiger partial charge in [0.05, 0.1) is 11.1 Å². The lowest BCUT2D eigenvalue weighted by molar-refractivity contribution is -0.384. The average Bonchev–Trinajstić information content (AvgIpc) is 2.61. The van der Waals surface area contributed by atoms with Gasteiger partial charge in [-0.25, -0.2) is 0 Å². The van der Waals surface area contributed by atoms with Gasteiger partial charge in [0.2, 0.25) is 0 Å². The number of hydrogen-bond donors (Lipinski definition) is 2. The third-order valence-corrected chi connectivity index (χ3v) is 2.10. The number of non-ortho nitro benzene ring substituents is 1. The Labute approximate surface area is 84.0 Å². The number of benzene rings is 1. The van der Waals surface area contributed by atoms with Crippen LogP contribution in [0.5, 0.6) is 0 Å². The first-order chi connectivity index (χ1) is 7.22. The fourth-order valence-electron chi connectivity index (χ4n) is 1.41. The van der Waals surface area contributed by atoms with Crippen LogP contribution in [0.15, 0.2) is 29.6 Å². The Kier molecular flexibility index (Phi) is 2.09. The molecule has 0 spiro atoms. The molecule has 0 saturated carbocycles. The van der Waals surface area contributed by atoms with E-state index in [0.717, 1.165) is 5.52 Å². The molecule has 0 radical (unpaired) electrons. The van der Waals surface area contributed by atoms with Gasteiger partial charge in [-0.05, 0) is 6.07 Å². The van der Waals surface area contributed by atoms with E-state index in [1.165, 1.54) is 18.3 Å². The van der Waals surface area contributed by atoms with Crippen molar-refractivity contribution in [2.75, 3.05) is 0 Å². The number of nitrogens with zero attached hydrogens (tertiary/aromatic N) is 2. The Morgan fingerprint density at radius 3 is 3.00 bits per heavy atom. The minimum Gasteiger partial charge on any atom is -0.411 e. The highest BCUT2D eigenvalue weighted by molar-refractivity contribution is 5.99. The van der Waals surface area contributed by atoms with Gasteiger partial charge in [-0.2, -0.15) is 0 Å². The van der Waals surface area contributed by atoms with Crippen LogP contribution in [0, 0.1) is 10.1 Å². The van der Waals surface area contributed by atoms with Crippen molar-refractivity contribution in [3.63, 3.8) is 0 Å². The summed E-state index contributed by atoms with van der Waals surface area (Å²) in [6.07, 6.45) is 2.84. The van der Waals surface area contributed by atoms with Crippen LogP contribution in [0.3, 0.4) is 0 Å². The van der Waals surface area contributed by atoms with Crippen molar-refractivity contribution in [1.82, 2.24) is 4.98 Å². The highest BCUT2D eigenvalue weighted by atomic mass is 16.6. The number of nitrogens with one attached hydrogen (secondary N) is 1. The zero-order valence-electron chi connectivity index (χ0n) is 7.54. The maximum atomic E-state index is 10.5. The van der Waals surface area contributed by atoms with Gasteiger partial charge in [-0.3, -0.25) is 10.1 Å². The van der Waals surface area contributed by atoms with Crippen molar-refractivity contribution >= 4 is 22.8 Å². The van der Waals surface area contributed by atoms with E-state index in [-0.39, 0.29) is 5.69 Å². The largest absolute Gasteiger partial charge is 0.411 e. The van der Waals surface area contributed by atoms with Crippen molar-refractivity contribution in [1.29, 1.82) is 0 Å². The maximum absolute atomic E-state index is 10.5. The van der Waals surface area contributed by atoms with E-state index in [1.54, 1.807) is 12.3 Å². The number of fused-ring (bicyclic) bond motifs is 1. The predicted molar refractivity (Wildman–Crippen MR) is 54.3 cm³/mol. The summed E-state index contributed by atoms with van der Waals surface area (Å²) in [4.78, 5) is 13.0. The Balaban J connectivity index is 2.66. The van der Waals surface area contributed by atoms with Gasteiger partial charge in [0.25, 0.3) is 5.69 Å². The van der Waals surface area contributed by atoms with Gasteiger partial charge in [0.15, 0.2) is 0 Å². The van der Waals surface area contributed by atoms with Crippen LogP contribution in [0.2, 0.25) is 0 Å². The second kappa shape index (κ2) is 3.41.